The Labute approximate surface area is 233 Å². The molecule has 206 valence electrons. The highest BCUT2D eigenvalue weighted by molar-refractivity contribution is 5.84. The van der Waals surface area contributed by atoms with Crippen molar-refractivity contribution in [3.05, 3.63) is 76.4 Å². The molecule has 1 amide bonds. The van der Waals surface area contributed by atoms with E-state index in [-0.39, 0.29) is 5.91 Å². The number of carbonyl (C=O) groups excluding carboxylic acids is 1. The molecule has 1 saturated heterocycles. The summed E-state index contributed by atoms with van der Waals surface area (Å²) in [6, 6.07) is 9.12. The highest BCUT2D eigenvalue weighted by Gasteiger charge is 2.34. The van der Waals surface area contributed by atoms with Crippen LogP contribution in [-0.2, 0) is 4.79 Å². The van der Waals surface area contributed by atoms with Crippen LogP contribution >= 0.6 is 0 Å². The number of nitrogens with zero attached hydrogens (tertiary/aromatic N) is 2. The third-order valence-electron chi connectivity index (χ3n) is 8.29. The lowest BCUT2D eigenvalue weighted by Gasteiger charge is -2.35. The molecule has 0 N–H and O–H groups in total. The summed E-state index contributed by atoms with van der Waals surface area (Å²) in [4.78, 5) is 14.7. The standard InChI is InChI=1S/C35H50N2O/c1-11-14-30(21-27(8)25(6)12-2)31(13-3)33(24(4)5)32-22-29(16-15-26(32)7)28-17-19-37(20-18-28)34(38)35(9,10)23-36/h11,14-16,21-22,24-25,28H,1,12-13,17-20H2,2-10H3/b27-21-,30-14+,33-31+. The molecule has 0 aliphatic carbocycles. The van der Waals surface area contributed by atoms with E-state index in [0.717, 1.165) is 25.7 Å². The second-order valence-electron chi connectivity index (χ2n) is 11.8. The summed E-state index contributed by atoms with van der Waals surface area (Å²) in [5, 5.41) is 9.39. The number of allylic oxidation sites excluding steroid dienone is 7. The van der Waals surface area contributed by atoms with Gasteiger partial charge in [0.1, 0.15) is 5.41 Å². The number of benzene rings is 1. The van der Waals surface area contributed by atoms with E-state index in [2.05, 4.69) is 91.5 Å². The summed E-state index contributed by atoms with van der Waals surface area (Å²) in [6.45, 7) is 24.7. The van der Waals surface area contributed by atoms with Gasteiger partial charge in [-0.1, -0.05) is 83.2 Å². The summed E-state index contributed by atoms with van der Waals surface area (Å²) < 4.78 is 0. The molecule has 0 radical (unpaired) electrons. The monoisotopic (exact) mass is 514 g/mol. The number of rotatable bonds is 10. The van der Waals surface area contributed by atoms with Gasteiger partial charge in [-0.25, -0.2) is 0 Å². The van der Waals surface area contributed by atoms with Crippen LogP contribution in [0.25, 0.3) is 5.57 Å². The first-order valence-electron chi connectivity index (χ1n) is 14.5. The van der Waals surface area contributed by atoms with E-state index in [9.17, 15) is 10.1 Å². The predicted molar refractivity (Wildman–Crippen MR) is 163 cm³/mol. The quantitative estimate of drug-likeness (QED) is 0.292. The minimum Gasteiger partial charge on any atom is -0.341 e. The minimum atomic E-state index is -0.963. The molecule has 1 aromatic rings. The lowest BCUT2D eigenvalue weighted by Crippen LogP contribution is -2.44. The van der Waals surface area contributed by atoms with Crippen molar-refractivity contribution in [2.45, 2.75) is 93.9 Å². The van der Waals surface area contributed by atoms with Gasteiger partial charge in [-0.3, -0.25) is 4.79 Å². The van der Waals surface area contributed by atoms with Gasteiger partial charge >= 0.3 is 0 Å². The molecule has 0 spiro atoms. The van der Waals surface area contributed by atoms with E-state index >= 15 is 0 Å². The average molecular weight is 515 g/mol. The van der Waals surface area contributed by atoms with Crippen molar-refractivity contribution in [3.8, 4) is 6.07 Å². The zero-order valence-corrected chi connectivity index (χ0v) is 25.4. The third-order valence-corrected chi connectivity index (χ3v) is 8.29. The van der Waals surface area contributed by atoms with Crippen molar-refractivity contribution < 1.29 is 4.79 Å². The van der Waals surface area contributed by atoms with Crippen molar-refractivity contribution in [1.29, 1.82) is 5.26 Å². The Hall–Kier alpha value is -2.86. The predicted octanol–water partition coefficient (Wildman–Crippen LogP) is 9.18. The second-order valence-corrected chi connectivity index (χ2v) is 11.8. The molecule has 0 saturated carbocycles. The number of hydrogen-bond donors (Lipinski definition) is 0. The minimum absolute atomic E-state index is 0.0528. The Morgan fingerprint density at radius 1 is 1.21 bits per heavy atom. The first kappa shape index (κ1) is 31.4. The van der Waals surface area contributed by atoms with Gasteiger partial charge in [0.05, 0.1) is 6.07 Å². The highest BCUT2D eigenvalue weighted by atomic mass is 16.2. The van der Waals surface area contributed by atoms with Gasteiger partial charge in [0, 0.05) is 13.1 Å². The van der Waals surface area contributed by atoms with E-state index in [1.54, 1.807) is 13.8 Å². The van der Waals surface area contributed by atoms with Crippen molar-refractivity contribution in [3.63, 3.8) is 0 Å². The number of likely N-dealkylation sites (tertiary alicyclic amines) is 1. The molecule has 2 rings (SSSR count). The summed E-state index contributed by atoms with van der Waals surface area (Å²) in [5.41, 5.74) is 8.50. The molecule has 3 nitrogen and oxygen atoms in total. The highest BCUT2D eigenvalue weighted by Crippen LogP contribution is 2.38. The summed E-state index contributed by atoms with van der Waals surface area (Å²) in [5.74, 6) is 1.28. The molecule has 1 aliphatic rings. The van der Waals surface area contributed by atoms with Gasteiger partial charge < -0.3 is 4.90 Å². The van der Waals surface area contributed by atoms with Crippen LogP contribution in [0.5, 0.6) is 0 Å². The maximum Gasteiger partial charge on any atom is 0.242 e. The molecular weight excluding hydrogens is 464 g/mol. The number of carbonyl (C=O) groups is 1. The zero-order valence-electron chi connectivity index (χ0n) is 25.4. The first-order valence-corrected chi connectivity index (χ1v) is 14.5. The maximum absolute atomic E-state index is 12.8. The fourth-order valence-corrected chi connectivity index (χ4v) is 5.49. The van der Waals surface area contributed by atoms with Gasteiger partial charge in [-0.15, -0.1) is 0 Å². The number of amides is 1. The van der Waals surface area contributed by atoms with Crippen LogP contribution in [0.15, 0.2) is 59.7 Å². The van der Waals surface area contributed by atoms with Gasteiger partial charge in [0.2, 0.25) is 5.91 Å². The van der Waals surface area contributed by atoms with Gasteiger partial charge in [-0.05, 0) is 105 Å². The van der Waals surface area contributed by atoms with E-state index in [0.29, 0.717) is 30.8 Å². The average Bonchev–Trinajstić information content (AvgIpc) is 2.90. The summed E-state index contributed by atoms with van der Waals surface area (Å²) in [7, 11) is 0. The van der Waals surface area contributed by atoms with E-state index in [1.807, 2.05) is 11.0 Å². The van der Waals surface area contributed by atoms with Crippen LogP contribution in [-0.4, -0.2) is 23.9 Å². The van der Waals surface area contributed by atoms with E-state index in [4.69, 9.17) is 0 Å². The fraction of sp³-hybridized carbons (Fsp3) is 0.543. The van der Waals surface area contributed by atoms with Crippen LogP contribution in [0.3, 0.4) is 0 Å². The van der Waals surface area contributed by atoms with Crippen LogP contribution < -0.4 is 0 Å². The number of hydrogen-bond acceptors (Lipinski definition) is 2. The molecule has 0 bridgehead atoms. The van der Waals surface area contributed by atoms with Crippen LogP contribution in [0.2, 0.25) is 0 Å². The molecule has 1 unspecified atom stereocenters. The van der Waals surface area contributed by atoms with Crippen molar-refractivity contribution in [2.24, 2.45) is 17.3 Å². The van der Waals surface area contributed by atoms with Gasteiger partial charge in [0.15, 0.2) is 0 Å². The zero-order chi connectivity index (χ0) is 28.6. The number of nitriles is 1. The van der Waals surface area contributed by atoms with Gasteiger partial charge in [-0.2, -0.15) is 5.26 Å². The van der Waals surface area contributed by atoms with Crippen LogP contribution in [0.1, 0.15) is 104 Å². The second kappa shape index (κ2) is 13.8. The smallest absolute Gasteiger partial charge is 0.242 e. The van der Waals surface area contributed by atoms with Crippen LogP contribution in [0.4, 0.5) is 0 Å². The van der Waals surface area contributed by atoms with Gasteiger partial charge in [0.25, 0.3) is 0 Å². The maximum atomic E-state index is 12.8. The summed E-state index contributed by atoms with van der Waals surface area (Å²) >= 11 is 0. The largest absolute Gasteiger partial charge is 0.341 e. The summed E-state index contributed by atoms with van der Waals surface area (Å²) in [6.07, 6.45) is 10.4. The topological polar surface area (TPSA) is 44.1 Å². The van der Waals surface area contributed by atoms with Crippen LogP contribution in [0, 0.1) is 35.5 Å². The molecule has 0 aromatic heterocycles. The fourth-order valence-electron chi connectivity index (χ4n) is 5.49. The normalized spacial score (nSPS) is 17.2. The Morgan fingerprint density at radius 3 is 2.34 bits per heavy atom. The van der Waals surface area contributed by atoms with Crippen molar-refractivity contribution in [1.82, 2.24) is 4.90 Å². The lowest BCUT2D eigenvalue weighted by atomic mass is 9.80. The van der Waals surface area contributed by atoms with Crippen molar-refractivity contribution >= 4 is 11.5 Å². The first-order chi connectivity index (χ1) is 17.9. The Bertz CT molecular complexity index is 1130. The SMILES string of the molecule is C=C/C=C(\C=C(\C)C(C)CC)C(/CC)=C(/c1cc(C2CCN(C(=O)C(C)(C)C#N)CC2)ccc1C)C(C)C. The third kappa shape index (κ3) is 7.37. The molecule has 3 heteroatoms. The molecule has 38 heavy (non-hydrogen) atoms. The Balaban J connectivity index is 2.51. The molecule has 1 atom stereocenters. The molecule has 1 heterocycles. The molecule has 1 fully saturated rings. The Kier molecular flexibility index (Phi) is 11.4. The lowest BCUT2D eigenvalue weighted by molar-refractivity contribution is -0.138. The van der Waals surface area contributed by atoms with Crippen molar-refractivity contribution in [2.75, 3.05) is 13.1 Å². The molecular formula is C35H50N2O. The number of piperidine rings is 1. The number of aryl methyl sites for hydroxylation is 1. The Morgan fingerprint density at radius 2 is 1.84 bits per heavy atom. The van der Waals surface area contributed by atoms with E-state index < -0.39 is 5.41 Å². The molecule has 1 aliphatic heterocycles. The molecule has 1 aromatic carbocycles. The van der Waals surface area contributed by atoms with E-state index in [1.165, 1.54) is 39.0 Å².